The van der Waals surface area contributed by atoms with Crippen LogP contribution in [0.1, 0.15) is 25.0 Å². The van der Waals surface area contributed by atoms with E-state index in [2.05, 4.69) is 15.2 Å². The van der Waals surface area contributed by atoms with Crippen molar-refractivity contribution < 1.29 is 27.1 Å². The molecule has 0 saturated carbocycles. The first kappa shape index (κ1) is 24.5. The van der Waals surface area contributed by atoms with Gasteiger partial charge in [0, 0.05) is 43.7 Å². The van der Waals surface area contributed by atoms with Crippen LogP contribution in [0, 0.1) is 17.7 Å². The standard InChI is InChI=1S/C23H23ClF4N6O2/c1-12-10-32(20-14-3-4-16(36-2)18(25)19(14)29-9-15(20)24)6-5-13(12)21(35)33-7-8-34-17(11-33)30-31-22(34)23(26,27)28/h3-4,9,12-13H,5-8,10-11H2,1-2H3. The lowest BCUT2D eigenvalue weighted by Gasteiger charge is -2.40. The van der Waals surface area contributed by atoms with Crippen LogP contribution in [0.2, 0.25) is 5.02 Å². The van der Waals surface area contributed by atoms with Crippen LogP contribution in [0.3, 0.4) is 0 Å². The van der Waals surface area contributed by atoms with Gasteiger partial charge in [-0.05, 0) is 24.5 Å². The molecule has 8 nitrogen and oxygen atoms in total. The third-order valence-electron chi connectivity index (χ3n) is 6.95. The number of aromatic nitrogens is 4. The first-order valence-corrected chi connectivity index (χ1v) is 11.8. The Morgan fingerprint density at radius 2 is 1.97 bits per heavy atom. The minimum absolute atomic E-state index is 0.0101. The van der Waals surface area contributed by atoms with Gasteiger partial charge in [0.25, 0.3) is 0 Å². The molecule has 2 aliphatic heterocycles. The number of anilines is 1. The summed E-state index contributed by atoms with van der Waals surface area (Å²) in [6, 6.07) is 3.24. The summed E-state index contributed by atoms with van der Waals surface area (Å²) in [7, 11) is 1.38. The highest BCUT2D eigenvalue weighted by atomic mass is 35.5. The first-order chi connectivity index (χ1) is 17.1. The number of amides is 1. The van der Waals surface area contributed by atoms with Gasteiger partial charge in [-0.1, -0.05) is 18.5 Å². The van der Waals surface area contributed by atoms with Crippen molar-refractivity contribution in [1.29, 1.82) is 0 Å². The zero-order valence-corrected chi connectivity index (χ0v) is 20.3. The van der Waals surface area contributed by atoms with Crippen molar-refractivity contribution in [2.24, 2.45) is 11.8 Å². The van der Waals surface area contributed by atoms with Gasteiger partial charge in [-0.25, -0.2) is 4.39 Å². The molecule has 2 unspecified atom stereocenters. The summed E-state index contributed by atoms with van der Waals surface area (Å²) in [4.78, 5) is 21.1. The highest BCUT2D eigenvalue weighted by molar-refractivity contribution is 6.34. The highest BCUT2D eigenvalue weighted by Crippen LogP contribution is 2.39. The van der Waals surface area contributed by atoms with E-state index in [-0.39, 0.29) is 54.5 Å². The summed E-state index contributed by atoms with van der Waals surface area (Å²) >= 11 is 6.48. The molecule has 2 aliphatic rings. The van der Waals surface area contributed by atoms with Crippen LogP contribution in [0.5, 0.6) is 5.75 Å². The number of carbonyl (C=O) groups is 1. The number of rotatable bonds is 3. The number of nitrogens with zero attached hydrogens (tertiary/aromatic N) is 6. The maximum absolute atomic E-state index is 14.8. The predicted molar refractivity (Wildman–Crippen MR) is 123 cm³/mol. The smallest absolute Gasteiger partial charge is 0.451 e. The number of ether oxygens (including phenoxy) is 1. The van der Waals surface area contributed by atoms with E-state index in [9.17, 15) is 22.4 Å². The number of methoxy groups -OCH3 is 1. The van der Waals surface area contributed by atoms with Crippen LogP contribution in [-0.4, -0.2) is 57.3 Å². The number of benzene rings is 1. The van der Waals surface area contributed by atoms with Gasteiger partial charge in [0.2, 0.25) is 11.7 Å². The van der Waals surface area contributed by atoms with E-state index >= 15 is 0 Å². The van der Waals surface area contributed by atoms with Crippen LogP contribution in [0.4, 0.5) is 23.2 Å². The summed E-state index contributed by atoms with van der Waals surface area (Å²) in [6.07, 6.45) is -2.68. The average Bonchev–Trinajstić information content (AvgIpc) is 3.28. The third kappa shape index (κ3) is 4.10. The lowest BCUT2D eigenvalue weighted by atomic mass is 9.85. The van der Waals surface area contributed by atoms with Gasteiger partial charge in [-0.2, -0.15) is 13.2 Å². The molecule has 0 bridgehead atoms. The molecule has 1 saturated heterocycles. The molecule has 192 valence electrons. The Kier molecular flexibility index (Phi) is 6.17. The van der Waals surface area contributed by atoms with Gasteiger partial charge >= 0.3 is 6.18 Å². The van der Waals surface area contributed by atoms with Gasteiger partial charge in [-0.3, -0.25) is 9.78 Å². The summed E-state index contributed by atoms with van der Waals surface area (Å²) in [5.41, 5.74) is 0.794. The van der Waals surface area contributed by atoms with Gasteiger partial charge in [0.05, 0.1) is 24.4 Å². The third-order valence-corrected chi connectivity index (χ3v) is 7.22. The lowest BCUT2D eigenvalue weighted by molar-refractivity contribution is -0.148. The van der Waals surface area contributed by atoms with E-state index in [1.54, 1.807) is 11.0 Å². The van der Waals surface area contributed by atoms with E-state index in [4.69, 9.17) is 16.3 Å². The Labute approximate surface area is 208 Å². The second-order valence-corrected chi connectivity index (χ2v) is 9.51. The predicted octanol–water partition coefficient (Wildman–Crippen LogP) is 4.15. The maximum atomic E-state index is 14.8. The number of piperidine rings is 1. The zero-order valence-electron chi connectivity index (χ0n) is 19.5. The average molecular weight is 527 g/mol. The number of halogens is 5. The second-order valence-electron chi connectivity index (χ2n) is 9.10. The molecule has 0 radical (unpaired) electrons. The Hall–Kier alpha value is -3.15. The molecule has 1 amide bonds. The Balaban J connectivity index is 1.33. The maximum Gasteiger partial charge on any atom is 0.451 e. The quantitative estimate of drug-likeness (QED) is 0.477. The van der Waals surface area contributed by atoms with Crippen LogP contribution in [0.25, 0.3) is 10.9 Å². The van der Waals surface area contributed by atoms with Crippen molar-refractivity contribution in [3.05, 3.63) is 40.8 Å². The molecular weight excluding hydrogens is 504 g/mol. The van der Waals surface area contributed by atoms with Crippen molar-refractivity contribution in [3.8, 4) is 5.75 Å². The highest BCUT2D eigenvalue weighted by Gasteiger charge is 2.41. The number of carbonyl (C=O) groups excluding carboxylic acids is 1. The van der Waals surface area contributed by atoms with E-state index < -0.39 is 17.8 Å². The largest absolute Gasteiger partial charge is 0.494 e. The topological polar surface area (TPSA) is 76.4 Å². The number of hydrogen-bond donors (Lipinski definition) is 0. The molecule has 5 rings (SSSR count). The molecule has 1 aromatic carbocycles. The first-order valence-electron chi connectivity index (χ1n) is 11.4. The van der Waals surface area contributed by atoms with E-state index in [0.29, 0.717) is 35.6 Å². The summed E-state index contributed by atoms with van der Waals surface area (Å²) in [6.45, 7) is 3.06. The van der Waals surface area contributed by atoms with Gasteiger partial charge < -0.3 is 19.1 Å². The lowest BCUT2D eigenvalue weighted by Crippen LogP contribution is -2.49. The van der Waals surface area contributed by atoms with E-state index in [1.165, 1.54) is 19.4 Å². The zero-order chi connectivity index (χ0) is 25.8. The molecule has 0 aliphatic carbocycles. The fraction of sp³-hybridized carbons (Fsp3) is 0.478. The van der Waals surface area contributed by atoms with Crippen molar-refractivity contribution in [2.45, 2.75) is 32.6 Å². The second kappa shape index (κ2) is 9.06. The molecule has 0 spiro atoms. The van der Waals surface area contributed by atoms with Crippen LogP contribution in [0.15, 0.2) is 18.3 Å². The van der Waals surface area contributed by atoms with Gasteiger partial charge in [0.1, 0.15) is 5.52 Å². The molecular formula is C23H23ClF4N6O2. The van der Waals surface area contributed by atoms with Crippen LogP contribution < -0.4 is 9.64 Å². The minimum Gasteiger partial charge on any atom is -0.494 e. The number of pyridine rings is 1. The normalized spacial score (nSPS) is 20.5. The molecule has 36 heavy (non-hydrogen) atoms. The Bertz CT molecular complexity index is 1330. The van der Waals surface area contributed by atoms with Gasteiger partial charge in [0.15, 0.2) is 17.4 Å². The fourth-order valence-corrected chi connectivity index (χ4v) is 5.43. The van der Waals surface area contributed by atoms with Crippen molar-refractivity contribution >= 4 is 34.1 Å². The van der Waals surface area contributed by atoms with Gasteiger partial charge in [-0.15, -0.1) is 10.2 Å². The van der Waals surface area contributed by atoms with Crippen molar-refractivity contribution in [3.63, 3.8) is 0 Å². The van der Waals surface area contributed by atoms with Crippen molar-refractivity contribution in [2.75, 3.05) is 31.6 Å². The molecule has 4 heterocycles. The minimum atomic E-state index is -4.59. The molecule has 13 heteroatoms. The molecule has 2 atom stereocenters. The fourth-order valence-electron chi connectivity index (χ4n) is 5.16. The summed E-state index contributed by atoms with van der Waals surface area (Å²) in [5.74, 6) is -1.92. The summed E-state index contributed by atoms with van der Waals surface area (Å²) < 4.78 is 60.2. The van der Waals surface area contributed by atoms with Crippen molar-refractivity contribution in [1.82, 2.24) is 24.6 Å². The molecule has 0 N–H and O–H groups in total. The van der Waals surface area contributed by atoms with Crippen LogP contribution in [-0.2, 0) is 24.1 Å². The van der Waals surface area contributed by atoms with E-state index in [1.807, 2.05) is 11.8 Å². The molecule has 3 aromatic rings. The number of alkyl halides is 3. The number of hydrogen-bond acceptors (Lipinski definition) is 6. The Morgan fingerprint density at radius 1 is 1.19 bits per heavy atom. The van der Waals surface area contributed by atoms with Crippen LogP contribution >= 0.6 is 11.6 Å². The van der Waals surface area contributed by atoms with E-state index in [0.717, 1.165) is 4.57 Å². The molecule has 1 fully saturated rings. The SMILES string of the molecule is COc1ccc2c(N3CCC(C(=O)N4CCn5c(nnc5C(F)(F)F)C4)C(C)C3)c(Cl)cnc2c1F. The summed E-state index contributed by atoms with van der Waals surface area (Å²) in [5, 5.41) is 7.86. The number of fused-ring (bicyclic) bond motifs is 2. The monoisotopic (exact) mass is 526 g/mol. The Morgan fingerprint density at radius 3 is 2.67 bits per heavy atom. The molecule has 2 aromatic heterocycles.